The predicted octanol–water partition coefficient (Wildman–Crippen LogP) is 5.51. The van der Waals surface area contributed by atoms with Crippen molar-refractivity contribution in [1.29, 1.82) is 0 Å². The van der Waals surface area contributed by atoms with Gasteiger partial charge in [0.15, 0.2) is 0 Å². The summed E-state index contributed by atoms with van der Waals surface area (Å²) in [5, 5.41) is 2.07. The summed E-state index contributed by atoms with van der Waals surface area (Å²) in [5.74, 6) is 0.946. The van der Waals surface area contributed by atoms with E-state index in [9.17, 15) is 0 Å². The van der Waals surface area contributed by atoms with Crippen LogP contribution in [0.25, 0.3) is 5.70 Å². The first-order chi connectivity index (χ1) is 13.8. The summed E-state index contributed by atoms with van der Waals surface area (Å²) in [6.45, 7) is 6.69. The maximum atomic E-state index is 5.94. The molecule has 4 rings (SSSR count). The van der Waals surface area contributed by atoms with Crippen molar-refractivity contribution in [1.82, 2.24) is 9.96 Å². The van der Waals surface area contributed by atoms with Gasteiger partial charge in [0, 0.05) is 31.9 Å². The van der Waals surface area contributed by atoms with Gasteiger partial charge >= 0.3 is 0 Å². The van der Waals surface area contributed by atoms with Crippen LogP contribution in [0.1, 0.15) is 55.7 Å². The first-order valence-corrected chi connectivity index (χ1v) is 10.9. The highest BCUT2D eigenvalue weighted by atomic mass is 16.7. The first kappa shape index (κ1) is 19.1. The number of benzene rings is 2. The molecule has 3 heteroatoms. The lowest BCUT2D eigenvalue weighted by molar-refractivity contribution is -0.0346. The molecule has 0 radical (unpaired) electrons. The average molecular weight is 377 g/mol. The standard InChI is InChI=1S/C25H32N2O/c1-2-8-25(26-15-3-4-16-26)23-10-7-9-22(20-23)19-21-11-13-24(14-12-21)28-27-17-5-6-18-27/h7-14,20H,2-6,15-19H2,1H3/b25-8-. The Morgan fingerprint density at radius 1 is 0.893 bits per heavy atom. The van der Waals surface area contributed by atoms with Crippen LogP contribution in [0.3, 0.4) is 0 Å². The zero-order valence-corrected chi connectivity index (χ0v) is 17.1. The van der Waals surface area contributed by atoms with Crippen LogP contribution in [0.5, 0.6) is 5.75 Å². The fraction of sp³-hybridized carbons (Fsp3) is 0.440. The van der Waals surface area contributed by atoms with E-state index in [1.165, 1.54) is 61.2 Å². The molecule has 0 spiro atoms. The minimum atomic E-state index is 0.946. The summed E-state index contributed by atoms with van der Waals surface area (Å²) in [7, 11) is 0. The molecule has 2 aliphatic heterocycles. The highest BCUT2D eigenvalue weighted by molar-refractivity contribution is 5.65. The lowest BCUT2D eigenvalue weighted by Gasteiger charge is -2.22. The molecule has 0 aliphatic carbocycles. The number of hydrogen-bond acceptors (Lipinski definition) is 3. The van der Waals surface area contributed by atoms with Crippen LogP contribution in [-0.2, 0) is 6.42 Å². The third-order valence-corrected chi connectivity index (χ3v) is 5.70. The van der Waals surface area contributed by atoms with Crippen molar-refractivity contribution in [3.8, 4) is 5.75 Å². The van der Waals surface area contributed by atoms with Crippen molar-refractivity contribution in [2.45, 2.75) is 45.4 Å². The second-order valence-corrected chi connectivity index (χ2v) is 7.94. The molecule has 2 aliphatic rings. The van der Waals surface area contributed by atoms with E-state index in [-0.39, 0.29) is 0 Å². The van der Waals surface area contributed by atoms with Crippen molar-refractivity contribution in [3.05, 3.63) is 71.3 Å². The van der Waals surface area contributed by atoms with Crippen LogP contribution in [0.4, 0.5) is 0 Å². The maximum absolute atomic E-state index is 5.94. The molecule has 0 saturated carbocycles. The molecule has 2 fully saturated rings. The normalized spacial score (nSPS) is 18.0. The highest BCUT2D eigenvalue weighted by Crippen LogP contribution is 2.26. The third kappa shape index (κ3) is 4.77. The Balaban J connectivity index is 1.44. The Kier molecular flexibility index (Phi) is 6.33. The van der Waals surface area contributed by atoms with Gasteiger partial charge in [-0.25, -0.2) is 0 Å². The maximum Gasteiger partial charge on any atom is 0.147 e. The van der Waals surface area contributed by atoms with Crippen LogP contribution < -0.4 is 4.84 Å². The summed E-state index contributed by atoms with van der Waals surface area (Å²) < 4.78 is 0. The van der Waals surface area contributed by atoms with Crippen LogP contribution >= 0.6 is 0 Å². The Bertz CT molecular complexity index is 784. The molecule has 0 N–H and O–H groups in total. The van der Waals surface area contributed by atoms with Gasteiger partial charge in [0.2, 0.25) is 0 Å². The number of likely N-dealkylation sites (tertiary alicyclic amines) is 1. The largest absolute Gasteiger partial charge is 0.406 e. The fourth-order valence-corrected chi connectivity index (χ4v) is 4.25. The molecular weight excluding hydrogens is 344 g/mol. The third-order valence-electron chi connectivity index (χ3n) is 5.70. The molecule has 2 heterocycles. The fourth-order valence-electron chi connectivity index (χ4n) is 4.25. The summed E-state index contributed by atoms with van der Waals surface area (Å²) in [4.78, 5) is 8.48. The topological polar surface area (TPSA) is 15.7 Å². The van der Waals surface area contributed by atoms with Gasteiger partial charge in [-0.3, -0.25) is 0 Å². The van der Waals surface area contributed by atoms with Gasteiger partial charge in [0.05, 0.1) is 0 Å². The molecule has 0 aromatic heterocycles. The van der Waals surface area contributed by atoms with Gasteiger partial charge in [0.25, 0.3) is 0 Å². The van der Waals surface area contributed by atoms with Gasteiger partial charge in [-0.1, -0.05) is 43.3 Å². The van der Waals surface area contributed by atoms with Crippen molar-refractivity contribution >= 4 is 5.70 Å². The van der Waals surface area contributed by atoms with Crippen LogP contribution in [0.15, 0.2) is 54.6 Å². The second kappa shape index (κ2) is 9.29. The molecule has 148 valence electrons. The van der Waals surface area contributed by atoms with Crippen LogP contribution in [0.2, 0.25) is 0 Å². The highest BCUT2D eigenvalue weighted by Gasteiger charge is 2.16. The van der Waals surface area contributed by atoms with Gasteiger partial charge in [-0.15, -0.1) is 5.06 Å². The van der Waals surface area contributed by atoms with E-state index < -0.39 is 0 Å². The number of nitrogens with zero attached hydrogens (tertiary/aromatic N) is 2. The first-order valence-electron chi connectivity index (χ1n) is 10.9. The zero-order chi connectivity index (χ0) is 19.2. The van der Waals surface area contributed by atoms with Crippen LogP contribution in [0, 0.1) is 0 Å². The zero-order valence-electron chi connectivity index (χ0n) is 17.1. The van der Waals surface area contributed by atoms with Gasteiger partial charge in [-0.05, 0) is 73.4 Å². The van der Waals surface area contributed by atoms with E-state index in [0.717, 1.165) is 31.7 Å². The lowest BCUT2D eigenvalue weighted by atomic mass is 10.0. The Labute approximate surface area is 169 Å². The quantitative estimate of drug-likeness (QED) is 0.633. The van der Waals surface area contributed by atoms with E-state index in [2.05, 4.69) is 71.5 Å². The molecule has 0 amide bonds. The summed E-state index contributed by atoms with van der Waals surface area (Å²) >= 11 is 0. The van der Waals surface area contributed by atoms with Gasteiger partial charge in [0.1, 0.15) is 5.75 Å². The Morgan fingerprint density at radius 2 is 1.61 bits per heavy atom. The molecular formula is C25H32N2O. The molecule has 2 aromatic carbocycles. The Hall–Kier alpha value is -2.26. The summed E-state index contributed by atoms with van der Waals surface area (Å²) in [6, 6.07) is 17.7. The average Bonchev–Trinajstić information content (AvgIpc) is 3.42. The van der Waals surface area contributed by atoms with E-state index >= 15 is 0 Å². The summed E-state index contributed by atoms with van der Waals surface area (Å²) in [5.41, 5.74) is 5.46. The monoisotopic (exact) mass is 376 g/mol. The predicted molar refractivity (Wildman–Crippen MR) is 116 cm³/mol. The van der Waals surface area contributed by atoms with Crippen molar-refractivity contribution in [2.24, 2.45) is 0 Å². The number of hydrogen-bond donors (Lipinski definition) is 0. The minimum Gasteiger partial charge on any atom is -0.406 e. The molecule has 0 bridgehead atoms. The van der Waals surface area contributed by atoms with E-state index in [1.807, 2.05) is 0 Å². The molecule has 3 nitrogen and oxygen atoms in total. The van der Waals surface area contributed by atoms with Crippen molar-refractivity contribution in [3.63, 3.8) is 0 Å². The minimum absolute atomic E-state index is 0.946. The Morgan fingerprint density at radius 3 is 2.32 bits per heavy atom. The molecule has 2 aromatic rings. The van der Waals surface area contributed by atoms with Gasteiger partial charge in [-0.2, -0.15) is 0 Å². The molecule has 28 heavy (non-hydrogen) atoms. The number of allylic oxidation sites excluding steroid dienone is 1. The number of rotatable bonds is 7. The van der Waals surface area contributed by atoms with E-state index in [4.69, 9.17) is 4.84 Å². The van der Waals surface area contributed by atoms with Crippen molar-refractivity contribution in [2.75, 3.05) is 26.2 Å². The van der Waals surface area contributed by atoms with Crippen molar-refractivity contribution < 1.29 is 4.84 Å². The van der Waals surface area contributed by atoms with Crippen LogP contribution in [-0.4, -0.2) is 36.1 Å². The summed E-state index contributed by atoms with van der Waals surface area (Å²) in [6.07, 6.45) is 9.51. The smallest absolute Gasteiger partial charge is 0.147 e. The molecule has 2 saturated heterocycles. The SMILES string of the molecule is CC/C=C(/c1cccc(Cc2ccc(ON3CCCC3)cc2)c1)N1CCCC1. The second-order valence-electron chi connectivity index (χ2n) is 7.94. The number of hydroxylamine groups is 2. The van der Waals surface area contributed by atoms with Gasteiger partial charge < -0.3 is 9.74 Å². The van der Waals surface area contributed by atoms with E-state index in [1.54, 1.807) is 0 Å². The lowest BCUT2D eigenvalue weighted by Crippen LogP contribution is -2.23. The molecule has 0 unspecified atom stereocenters. The molecule has 0 atom stereocenters. The van der Waals surface area contributed by atoms with E-state index in [0.29, 0.717) is 0 Å².